The number of hydrogen-bond acceptors (Lipinski definition) is 4. The molecule has 5 rings (SSSR count). The van der Waals surface area contributed by atoms with Crippen LogP contribution in [0.5, 0.6) is 5.75 Å². The molecule has 0 aliphatic rings. The van der Waals surface area contributed by atoms with E-state index in [1.807, 2.05) is 48.7 Å². The van der Waals surface area contributed by atoms with Gasteiger partial charge < -0.3 is 14.0 Å². The molecule has 0 fully saturated rings. The Labute approximate surface area is 243 Å². The van der Waals surface area contributed by atoms with E-state index in [1.54, 1.807) is 43.3 Å². The Balaban J connectivity index is 1.88. The van der Waals surface area contributed by atoms with Crippen LogP contribution in [0.3, 0.4) is 0 Å². The number of aryl methyl sites for hydroxylation is 1. The van der Waals surface area contributed by atoms with Crippen molar-refractivity contribution < 1.29 is 23.0 Å². The van der Waals surface area contributed by atoms with Crippen LogP contribution in [0, 0.1) is 29.9 Å². The van der Waals surface area contributed by atoms with E-state index in [2.05, 4.69) is 6.07 Å². The molecule has 5 aromatic rings. The zero-order chi connectivity index (χ0) is 30.0. The monoisotopic (exact) mass is 564 g/mol. The van der Waals surface area contributed by atoms with Gasteiger partial charge in [-0.3, -0.25) is 0 Å². The molecule has 0 saturated heterocycles. The van der Waals surface area contributed by atoms with Gasteiger partial charge in [0.2, 0.25) is 0 Å². The number of benzene rings is 4. The third-order valence-electron chi connectivity index (χ3n) is 7.39. The van der Waals surface area contributed by atoms with Crippen molar-refractivity contribution in [2.75, 3.05) is 7.11 Å². The van der Waals surface area contributed by atoms with Gasteiger partial charge in [-0.1, -0.05) is 56.3 Å². The first-order chi connectivity index (χ1) is 20.1. The van der Waals surface area contributed by atoms with Crippen LogP contribution < -0.4 is 4.74 Å². The molecule has 0 saturated carbocycles. The molecule has 0 unspecified atom stereocenters. The number of rotatable bonds is 8. The summed E-state index contributed by atoms with van der Waals surface area (Å²) >= 11 is 0. The van der Waals surface area contributed by atoms with Crippen LogP contribution >= 0.6 is 0 Å². The molecule has 0 N–H and O–H groups in total. The van der Waals surface area contributed by atoms with E-state index in [0.29, 0.717) is 33.5 Å². The first-order valence-electron chi connectivity index (χ1n) is 13.5. The fourth-order valence-electron chi connectivity index (χ4n) is 5.33. The Hall–Kier alpha value is -4.96. The zero-order valence-electron chi connectivity index (χ0n) is 23.9. The highest BCUT2D eigenvalue weighted by atomic mass is 19.1. The fraction of sp³-hybridized carbons (Fsp3) is 0.200. The predicted molar refractivity (Wildman–Crippen MR) is 159 cm³/mol. The lowest BCUT2D eigenvalue weighted by atomic mass is 9.81. The van der Waals surface area contributed by atoms with Crippen molar-refractivity contribution in [3.8, 4) is 28.6 Å². The van der Waals surface area contributed by atoms with Crippen LogP contribution in [0.4, 0.5) is 8.78 Å². The molecule has 0 radical (unpaired) electrons. The molecule has 0 atom stereocenters. The maximum atomic E-state index is 15.4. The quantitative estimate of drug-likeness (QED) is 0.177. The van der Waals surface area contributed by atoms with Crippen molar-refractivity contribution in [3.05, 3.63) is 119 Å². The molecule has 1 aromatic heterocycles. The van der Waals surface area contributed by atoms with Gasteiger partial charge in [0, 0.05) is 34.8 Å². The van der Waals surface area contributed by atoms with Gasteiger partial charge in [0.1, 0.15) is 24.0 Å². The molecule has 1 heterocycles. The minimum absolute atomic E-state index is 0.152. The Morgan fingerprint density at radius 2 is 1.69 bits per heavy atom. The second-order valence-corrected chi connectivity index (χ2v) is 10.9. The number of esters is 1. The number of carbonyl (C=O) groups excluding carboxylic acids is 1. The van der Waals surface area contributed by atoms with Gasteiger partial charge in [-0.2, -0.15) is 5.26 Å². The van der Waals surface area contributed by atoms with Gasteiger partial charge in [-0.15, -0.1) is 0 Å². The third kappa shape index (κ3) is 5.36. The highest BCUT2D eigenvalue weighted by molar-refractivity contribution is 6.04. The average molecular weight is 565 g/mol. The summed E-state index contributed by atoms with van der Waals surface area (Å²) in [7, 11) is 1.32. The van der Waals surface area contributed by atoms with Crippen LogP contribution in [-0.2, 0) is 16.8 Å². The predicted octanol–water partition coefficient (Wildman–Crippen LogP) is 8.44. The fourth-order valence-corrected chi connectivity index (χ4v) is 5.33. The van der Waals surface area contributed by atoms with Crippen molar-refractivity contribution in [2.45, 2.75) is 39.2 Å². The number of halogens is 2. The minimum atomic E-state index is -0.737. The number of hydrogen-bond donors (Lipinski definition) is 0. The first-order valence-corrected chi connectivity index (χ1v) is 13.5. The average Bonchev–Trinajstić information content (AvgIpc) is 3.33. The van der Waals surface area contributed by atoms with E-state index in [0.717, 1.165) is 22.4 Å². The normalized spacial score (nSPS) is 11.4. The molecular weight excluding hydrogens is 534 g/mol. The largest absolute Gasteiger partial charge is 0.488 e. The van der Waals surface area contributed by atoms with Gasteiger partial charge in [-0.25, -0.2) is 13.6 Å². The summed E-state index contributed by atoms with van der Waals surface area (Å²) in [5.41, 5.74) is 4.31. The molecule has 5 nitrogen and oxygen atoms in total. The smallest absolute Gasteiger partial charge is 0.337 e. The second-order valence-electron chi connectivity index (χ2n) is 10.9. The van der Waals surface area contributed by atoms with E-state index < -0.39 is 17.2 Å². The lowest BCUT2D eigenvalue weighted by molar-refractivity contribution is 0.0600. The van der Waals surface area contributed by atoms with Crippen LogP contribution in [0.1, 0.15) is 47.4 Å². The summed E-state index contributed by atoms with van der Waals surface area (Å²) in [5, 5.41) is 10.5. The molecule has 4 aromatic carbocycles. The zero-order valence-corrected chi connectivity index (χ0v) is 23.9. The lowest BCUT2D eigenvalue weighted by Gasteiger charge is -2.27. The summed E-state index contributed by atoms with van der Waals surface area (Å²) in [6.45, 7) is 5.78. The second kappa shape index (κ2) is 11.5. The van der Waals surface area contributed by atoms with Crippen molar-refractivity contribution in [1.29, 1.82) is 5.26 Å². The Morgan fingerprint density at radius 1 is 0.976 bits per heavy atom. The number of carbonyl (C=O) groups is 1. The number of nitrogens with zero attached hydrogens (tertiary/aromatic N) is 2. The number of nitriles is 1. The summed E-state index contributed by atoms with van der Waals surface area (Å²) in [4.78, 5) is 12.2. The molecule has 7 heteroatoms. The van der Waals surface area contributed by atoms with Crippen molar-refractivity contribution in [3.63, 3.8) is 0 Å². The Kier molecular flexibility index (Phi) is 7.82. The van der Waals surface area contributed by atoms with Crippen LogP contribution in [0.25, 0.3) is 27.7 Å². The van der Waals surface area contributed by atoms with Crippen molar-refractivity contribution >= 4 is 16.9 Å². The molecular formula is C35H30F2N2O3. The van der Waals surface area contributed by atoms with E-state index in [-0.39, 0.29) is 18.8 Å². The standard InChI is InChI=1S/C35H30F2N2O3/c1-22-18-27(14-15-28(22)37)39-29-19-26(36)20-30(42-21-23-8-6-5-7-9-23)32(29)31(33(39)35(2,3)16-17-38)24-10-12-25(13-11-24)34(40)41-4/h5-15,18-20H,16,21H2,1-4H3. The molecule has 0 amide bonds. The molecule has 0 bridgehead atoms. The summed E-state index contributed by atoms with van der Waals surface area (Å²) in [6, 6.07) is 26.3. The number of ether oxygens (including phenoxy) is 2. The van der Waals surface area contributed by atoms with Gasteiger partial charge in [0.05, 0.1) is 29.6 Å². The molecule has 0 aliphatic carbocycles. The number of fused-ring (bicyclic) bond motifs is 1. The molecule has 0 aliphatic heterocycles. The van der Waals surface area contributed by atoms with Gasteiger partial charge >= 0.3 is 5.97 Å². The minimum Gasteiger partial charge on any atom is -0.488 e. The Morgan fingerprint density at radius 3 is 2.33 bits per heavy atom. The summed E-state index contributed by atoms with van der Waals surface area (Å²) in [6.07, 6.45) is 0.152. The van der Waals surface area contributed by atoms with E-state index >= 15 is 4.39 Å². The van der Waals surface area contributed by atoms with Crippen LogP contribution in [-0.4, -0.2) is 17.6 Å². The van der Waals surface area contributed by atoms with Gasteiger partial charge in [0.25, 0.3) is 0 Å². The van der Waals surface area contributed by atoms with Crippen LogP contribution in [0.2, 0.25) is 0 Å². The summed E-state index contributed by atoms with van der Waals surface area (Å²) in [5.74, 6) is -0.998. The lowest BCUT2D eigenvalue weighted by Crippen LogP contribution is -2.22. The number of aromatic nitrogens is 1. The van der Waals surface area contributed by atoms with Crippen molar-refractivity contribution in [1.82, 2.24) is 4.57 Å². The Bertz CT molecular complexity index is 1820. The third-order valence-corrected chi connectivity index (χ3v) is 7.39. The summed E-state index contributed by atoms with van der Waals surface area (Å²) < 4.78 is 42.8. The maximum Gasteiger partial charge on any atom is 0.337 e. The van der Waals surface area contributed by atoms with Crippen LogP contribution in [0.15, 0.2) is 84.9 Å². The highest BCUT2D eigenvalue weighted by Crippen LogP contribution is 2.47. The first kappa shape index (κ1) is 28.6. The van der Waals surface area contributed by atoms with E-state index in [4.69, 9.17) is 9.47 Å². The van der Waals surface area contributed by atoms with E-state index in [9.17, 15) is 14.4 Å². The van der Waals surface area contributed by atoms with E-state index in [1.165, 1.54) is 25.3 Å². The molecule has 0 spiro atoms. The molecule has 42 heavy (non-hydrogen) atoms. The highest BCUT2D eigenvalue weighted by Gasteiger charge is 2.33. The maximum absolute atomic E-state index is 15.4. The topological polar surface area (TPSA) is 64.2 Å². The van der Waals surface area contributed by atoms with Gasteiger partial charge in [-0.05, 0) is 60.0 Å². The molecule has 212 valence electrons. The van der Waals surface area contributed by atoms with Crippen molar-refractivity contribution in [2.24, 2.45) is 0 Å². The number of methoxy groups -OCH3 is 1. The SMILES string of the molecule is COC(=O)c1ccc(-c2c(C(C)(C)CC#N)n(-c3ccc(F)c(C)c3)c3cc(F)cc(OCc4ccccc4)c23)cc1. The van der Waals surface area contributed by atoms with Gasteiger partial charge in [0.15, 0.2) is 0 Å².